The van der Waals surface area contributed by atoms with Gasteiger partial charge in [0.2, 0.25) is 5.91 Å². The van der Waals surface area contributed by atoms with Gasteiger partial charge in [0.25, 0.3) is 0 Å². The SMILES string of the molecule is COC(=O)CCCCC(=O)N1CCN(C[C@@H](OCc2ccc(C(F)(F)F)cc2)c2ccc(Cl)cc2)CC1. The molecule has 0 aromatic heterocycles. The van der Waals surface area contributed by atoms with E-state index in [9.17, 15) is 22.8 Å². The monoisotopic (exact) mass is 540 g/mol. The molecule has 1 heterocycles. The van der Waals surface area contributed by atoms with Gasteiger partial charge in [-0.25, -0.2) is 0 Å². The Labute approximate surface area is 220 Å². The number of alkyl halides is 3. The van der Waals surface area contributed by atoms with Gasteiger partial charge in [-0.2, -0.15) is 13.2 Å². The standard InChI is InChI=1S/C27H32ClF3N2O4/c1-36-26(35)5-3-2-4-25(34)33-16-14-32(15-17-33)18-24(21-8-12-23(28)13-9-21)37-19-20-6-10-22(11-7-20)27(29,30)31/h6-13,24H,2-5,14-19H2,1H3/t24-/m1/s1. The van der Waals surface area contributed by atoms with Gasteiger partial charge in [-0.05, 0) is 48.2 Å². The first kappa shape index (κ1) is 28.9. The van der Waals surface area contributed by atoms with Crippen molar-refractivity contribution in [1.29, 1.82) is 0 Å². The number of hydrogen-bond donors (Lipinski definition) is 0. The second kappa shape index (κ2) is 13.8. The van der Waals surface area contributed by atoms with Gasteiger partial charge in [0.05, 0.1) is 25.4 Å². The average molecular weight is 541 g/mol. The number of hydrogen-bond acceptors (Lipinski definition) is 5. The molecule has 10 heteroatoms. The number of methoxy groups -OCH3 is 1. The zero-order valence-corrected chi connectivity index (χ0v) is 21.6. The van der Waals surface area contributed by atoms with Crippen LogP contribution in [0.4, 0.5) is 13.2 Å². The summed E-state index contributed by atoms with van der Waals surface area (Å²) >= 11 is 6.04. The van der Waals surface area contributed by atoms with Crippen molar-refractivity contribution in [2.45, 2.75) is 44.6 Å². The highest BCUT2D eigenvalue weighted by Gasteiger charge is 2.30. The number of piperazine rings is 1. The van der Waals surface area contributed by atoms with E-state index >= 15 is 0 Å². The molecule has 1 atom stereocenters. The molecule has 6 nitrogen and oxygen atoms in total. The molecular weight excluding hydrogens is 509 g/mol. The van der Waals surface area contributed by atoms with Crippen LogP contribution in [0.25, 0.3) is 0 Å². The van der Waals surface area contributed by atoms with Crippen LogP contribution in [0.2, 0.25) is 5.02 Å². The molecule has 2 aromatic carbocycles. The van der Waals surface area contributed by atoms with Crippen LogP contribution in [0.15, 0.2) is 48.5 Å². The van der Waals surface area contributed by atoms with Crippen LogP contribution < -0.4 is 0 Å². The third-order valence-corrected chi connectivity index (χ3v) is 6.62. The molecule has 1 aliphatic rings. The fraction of sp³-hybridized carbons (Fsp3) is 0.481. The average Bonchev–Trinajstić information content (AvgIpc) is 2.89. The number of benzene rings is 2. The number of carbonyl (C=O) groups is 2. The van der Waals surface area contributed by atoms with E-state index in [-0.39, 0.29) is 24.6 Å². The molecule has 1 amide bonds. The van der Waals surface area contributed by atoms with Crippen LogP contribution in [-0.4, -0.2) is 61.5 Å². The Kier molecular flexibility index (Phi) is 10.8. The highest BCUT2D eigenvalue weighted by molar-refractivity contribution is 6.30. The fourth-order valence-electron chi connectivity index (χ4n) is 4.14. The summed E-state index contributed by atoms with van der Waals surface area (Å²) in [5, 5.41) is 0.601. The van der Waals surface area contributed by atoms with Crippen LogP contribution in [0.5, 0.6) is 0 Å². The summed E-state index contributed by atoms with van der Waals surface area (Å²) in [6.45, 7) is 3.30. The molecular formula is C27H32ClF3N2O4. The number of ether oxygens (including phenoxy) is 2. The Hall–Kier alpha value is -2.62. The number of rotatable bonds is 11. The van der Waals surface area contributed by atoms with E-state index in [4.69, 9.17) is 16.3 Å². The van der Waals surface area contributed by atoms with Crippen molar-refractivity contribution in [3.05, 3.63) is 70.2 Å². The zero-order valence-electron chi connectivity index (χ0n) is 20.8. The molecule has 0 saturated carbocycles. The van der Waals surface area contributed by atoms with Gasteiger partial charge in [0, 0.05) is 50.6 Å². The van der Waals surface area contributed by atoms with Crippen molar-refractivity contribution >= 4 is 23.5 Å². The molecule has 0 aliphatic carbocycles. The molecule has 3 rings (SSSR count). The molecule has 2 aromatic rings. The summed E-state index contributed by atoms with van der Waals surface area (Å²) in [5.74, 6) is -0.186. The van der Waals surface area contributed by atoms with Crippen LogP contribution in [0.1, 0.15) is 48.5 Å². The molecule has 1 fully saturated rings. The topological polar surface area (TPSA) is 59.1 Å². The quantitative estimate of drug-likeness (QED) is 0.278. The largest absolute Gasteiger partial charge is 0.469 e. The van der Waals surface area contributed by atoms with Crippen molar-refractivity contribution in [3.63, 3.8) is 0 Å². The second-order valence-corrected chi connectivity index (χ2v) is 9.45. The van der Waals surface area contributed by atoms with Crippen molar-refractivity contribution in [2.24, 2.45) is 0 Å². The lowest BCUT2D eigenvalue weighted by Crippen LogP contribution is -2.49. The molecule has 0 bridgehead atoms. The van der Waals surface area contributed by atoms with Crippen molar-refractivity contribution < 1.29 is 32.2 Å². The minimum Gasteiger partial charge on any atom is -0.469 e. The van der Waals surface area contributed by atoms with Gasteiger partial charge in [0.15, 0.2) is 0 Å². The van der Waals surface area contributed by atoms with E-state index in [0.717, 1.165) is 17.7 Å². The van der Waals surface area contributed by atoms with Gasteiger partial charge in [-0.1, -0.05) is 35.9 Å². The summed E-state index contributed by atoms with van der Waals surface area (Å²) in [4.78, 5) is 27.8. The van der Waals surface area contributed by atoms with E-state index in [2.05, 4.69) is 9.64 Å². The maximum atomic E-state index is 12.9. The maximum absolute atomic E-state index is 12.9. The normalized spacial score (nSPS) is 15.4. The molecule has 0 unspecified atom stereocenters. The van der Waals surface area contributed by atoms with Crippen molar-refractivity contribution in [2.75, 3.05) is 39.8 Å². The molecule has 0 N–H and O–H groups in total. The van der Waals surface area contributed by atoms with E-state index in [0.29, 0.717) is 69.0 Å². The van der Waals surface area contributed by atoms with Crippen molar-refractivity contribution in [3.8, 4) is 0 Å². The number of halogens is 4. The summed E-state index contributed by atoms with van der Waals surface area (Å²) in [6.07, 6.45) is -2.71. The van der Waals surface area contributed by atoms with E-state index in [1.54, 1.807) is 12.1 Å². The van der Waals surface area contributed by atoms with Crippen LogP contribution in [-0.2, 0) is 31.8 Å². The third-order valence-electron chi connectivity index (χ3n) is 6.37. The Morgan fingerprint density at radius 1 is 0.946 bits per heavy atom. The molecule has 1 saturated heterocycles. The summed E-state index contributed by atoms with van der Waals surface area (Å²) < 4.78 is 49.4. The summed E-state index contributed by atoms with van der Waals surface area (Å²) in [7, 11) is 1.35. The zero-order chi connectivity index (χ0) is 26.8. The van der Waals surface area contributed by atoms with Crippen LogP contribution in [0, 0.1) is 0 Å². The maximum Gasteiger partial charge on any atom is 0.416 e. The van der Waals surface area contributed by atoms with Gasteiger partial charge in [0.1, 0.15) is 0 Å². The van der Waals surface area contributed by atoms with Gasteiger partial charge < -0.3 is 14.4 Å². The first-order valence-corrected chi connectivity index (χ1v) is 12.6. The first-order valence-electron chi connectivity index (χ1n) is 12.3. The predicted molar refractivity (Wildman–Crippen MR) is 134 cm³/mol. The smallest absolute Gasteiger partial charge is 0.416 e. The number of amides is 1. The Bertz CT molecular complexity index is 1010. The minimum absolute atomic E-state index is 0.0809. The molecule has 37 heavy (non-hydrogen) atoms. The fourth-order valence-corrected chi connectivity index (χ4v) is 4.26. The molecule has 202 valence electrons. The van der Waals surface area contributed by atoms with Crippen molar-refractivity contribution in [1.82, 2.24) is 9.80 Å². The third kappa shape index (κ3) is 9.32. The van der Waals surface area contributed by atoms with E-state index in [1.807, 2.05) is 17.0 Å². The summed E-state index contributed by atoms with van der Waals surface area (Å²) in [6, 6.07) is 12.3. The highest BCUT2D eigenvalue weighted by atomic mass is 35.5. The lowest BCUT2D eigenvalue weighted by atomic mass is 10.1. The number of nitrogens with zero attached hydrogens (tertiary/aromatic N) is 2. The summed E-state index contributed by atoms with van der Waals surface area (Å²) in [5.41, 5.74) is 0.872. The number of esters is 1. The van der Waals surface area contributed by atoms with Crippen LogP contribution >= 0.6 is 11.6 Å². The van der Waals surface area contributed by atoms with Gasteiger partial charge >= 0.3 is 12.1 Å². The Balaban J connectivity index is 1.53. The lowest BCUT2D eigenvalue weighted by molar-refractivity contribution is -0.141. The number of unbranched alkanes of at least 4 members (excludes halogenated alkanes) is 1. The minimum atomic E-state index is -4.38. The van der Waals surface area contributed by atoms with Gasteiger partial charge in [-0.15, -0.1) is 0 Å². The van der Waals surface area contributed by atoms with Crippen LogP contribution in [0.3, 0.4) is 0 Å². The predicted octanol–water partition coefficient (Wildman–Crippen LogP) is 5.49. The lowest BCUT2D eigenvalue weighted by Gasteiger charge is -2.36. The Morgan fingerprint density at radius 3 is 2.16 bits per heavy atom. The second-order valence-electron chi connectivity index (χ2n) is 9.01. The van der Waals surface area contributed by atoms with E-state index < -0.39 is 11.7 Å². The molecule has 0 radical (unpaired) electrons. The molecule has 1 aliphatic heterocycles. The van der Waals surface area contributed by atoms with E-state index in [1.165, 1.54) is 19.2 Å². The van der Waals surface area contributed by atoms with Gasteiger partial charge in [-0.3, -0.25) is 14.5 Å². The Morgan fingerprint density at radius 2 is 1.57 bits per heavy atom. The number of carbonyl (C=O) groups excluding carboxylic acids is 2. The first-order chi connectivity index (χ1) is 17.7. The molecule has 0 spiro atoms. The highest BCUT2D eigenvalue weighted by Crippen LogP contribution is 2.30.